The Morgan fingerprint density at radius 3 is 2.88 bits per heavy atom. The van der Waals surface area contributed by atoms with Gasteiger partial charge in [-0.1, -0.05) is 0 Å². The Morgan fingerprint density at radius 1 is 1.50 bits per heavy atom. The molecule has 88 valence electrons. The Balaban J connectivity index is 2.41. The van der Waals surface area contributed by atoms with E-state index in [4.69, 9.17) is 9.47 Å². The fourth-order valence-electron chi connectivity index (χ4n) is 2.22. The molecule has 0 saturated carbocycles. The number of hydrogen-bond donors (Lipinski definition) is 1. The maximum atomic E-state index is 13.2. The highest BCUT2D eigenvalue weighted by Crippen LogP contribution is 2.38. The minimum absolute atomic E-state index is 0.0958. The quantitative estimate of drug-likeness (QED) is 0.840. The van der Waals surface area contributed by atoms with Crippen molar-refractivity contribution in [3.8, 4) is 5.75 Å². The molecule has 16 heavy (non-hydrogen) atoms. The minimum Gasteiger partial charge on any atom is -0.508 e. The van der Waals surface area contributed by atoms with E-state index in [9.17, 15) is 9.50 Å². The number of phenols is 1. The average molecular weight is 226 g/mol. The molecule has 3 nitrogen and oxygen atoms in total. The molecule has 2 rings (SSSR count). The fraction of sp³-hybridized carbons (Fsp3) is 0.500. The Bertz CT molecular complexity index is 374. The minimum atomic E-state index is -0.686. The van der Waals surface area contributed by atoms with Crippen LogP contribution in [0, 0.1) is 5.82 Å². The van der Waals surface area contributed by atoms with Gasteiger partial charge in [-0.05, 0) is 24.6 Å². The van der Waals surface area contributed by atoms with E-state index < -0.39 is 11.4 Å². The van der Waals surface area contributed by atoms with Gasteiger partial charge in [0.15, 0.2) is 0 Å². The van der Waals surface area contributed by atoms with Crippen LogP contribution in [0.2, 0.25) is 0 Å². The van der Waals surface area contributed by atoms with Gasteiger partial charge >= 0.3 is 0 Å². The summed E-state index contributed by atoms with van der Waals surface area (Å²) in [6.45, 7) is 2.43. The Labute approximate surface area is 93.8 Å². The number of methoxy groups -OCH3 is 1. The van der Waals surface area contributed by atoms with Crippen LogP contribution >= 0.6 is 0 Å². The summed E-state index contributed by atoms with van der Waals surface area (Å²) < 4.78 is 24.2. The summed E-state index contributed by atoms with van der Waals surface area (Å²) >= 11 is 0. The zero-order valence-electron chi connectivity index (χ0n) is 9.37. The van der Waals surface area contributed by atoms with E-state index in [0.29, 0.717) is 12.2 Å². The highest BCUT2D eigenvalue weighted by molar-refractivity contribution is 5.33. The zero-order chi connectivity index (χ0) is 11.8. The van der Waals surface area contributed by atoms with Gasteiger partial charge in [0.05, 0.1) is 12.7 Å². The lowest BCUT2D eigenvalue weighted by Crippen LogP contribution is -2.34. The van der Waals surface area contributed by atoms with E-state index >= 15 is 0 Å². The Hall–Kier alpha value is -1.13. The van der Waals surface area contributed by atoms with Gasteiger partial charge in [0, 0.05) is 19.6 Å². The summed E-state index contributed by atoms with van der Waals surface area (Å²) in [5.74, 6) is -0.567. The second kappa shape index (κ2) is 4.03. The maximum absolute atomic E-state index is 13.2. The molecule has 1 aliphatic rings. The lowest BCUT2D eigenvalue weighted by atomic mass is 9.90. The first kappa shape index (κ1) is 11.4. The number of rotatable bonds is 2. The van der Waals surface area contributed by atoms with Crippen molar-refractivity contribution in [1.82, 2.24) is 0 Å². The first-order valence-electron chi connectivity index (χ1n) is 5.23. The summed E-state index contributed by atoms with van der Waals surface area (Å²) in [7, 11) is 1.61. The molecule has 0 spiro atoms. The first-order chi connectivity index (χ1) is 7.56. The van der Waals surface area contributed by atoms with Crippen molar-refractivity contribution >= 4 is 0 Å². The normalized spacial score (nSPS) is 29.6. The van der Waals surface area contributed by atoms with Crippen molar-refractivity contribution in [2.24, 2.45) is 0 Å². The molecule has 0 aromatic heterocycles. The van der Waals surface area contributed by atoms with E-state index in [-0.39, 0.29) is 11.9 Å². The molecule has 1 aromatic rings. The molecule has 0 radical (unpaired) electrons. The van der Waals surface area contributed by atoms with Gasteiger partial charge in [-0.15, -0.1) is 0 Å². The summed E-state index contributed by atoms with van der Waals surface area (Å²) in [6.07, 6.45) is 0.651. The third-order valence-electron chi connectivity index (χ3n) is 3.14. The smallest absolute Gasteiger partial charge is 0.127 e. The summed E-state index contributed by atoms with van der Waals surface area (Å²) in [6, 6.07) is 3.96. The maximum Gasteiger partial charge on any atom is 0.127 e. The van der Waals surface area contributed by atoms with Crippen molar-refractivity contribution in [1.29, 1.82) is 0 Å². The number of aromatic hydroxyl groups is 1. The van der Waals surface area contributed by atoms with Crippen LogP contribution in [0.5, 0.6) is 5.75 Å². The largest absolute Gasteiger partial charge is 0.508 e. The number of hydrogen-bond acceptors (Lipinski definition) is 3. The van der Waals surface area contributed by atoms with Crippen LogP contribution in [0.4, 0.5) is 4.39 Å². The molecular formula is C12H15FO3. The van der Waals surface area contributed by atoms with E-state index in [0.717, 1.165) is 12.5 Å². The average Bonchev–Trinajstić information content (AvgIpc) is 2.59. The molecule has 0 amide bonds. The van der Waals surface area contributed by atoms with Crippen LogP contribution in [-0.4, -0.2) is 24.9 Å². The number of ether oxygens (including phenoxy) is 2. The molecule has 0 bridgehead atoms. The van der Waals surface area contributed by atoms with E-state index in [2.05, 4.69) is 0 Å². The molecule has 1 saturated heterocycles. The van der Waals surface area contributed by atoms with Gasteiger partial charge in [0.2, 0.25) is 0 Å². The van der Waals surface area contributed by atoms with Crippen molar-refractivity contribution in [3.63, 3.8) is 0 Å². The SMILES string of the molecule is COC1CCOC1(C)c1cc(O)cc(F)c1. The lowest BCUT2D eigenvalue weighted by Gasteiger charge is -2.30. The van der Waals surface area contributed by atoms with Crippen LogP contribution in [0.25, 0.3) is 0 Å². The monoisotopic (exact) mass is 226 g/mol. The highest BCUT2D eigenvalue weighted by atomic mass is 19.1. The standard InChI is InChI=1S/C12H15FO3/c1-12(11(15-2)3-4-16-12)8-5-9(13)7-10(14)6-8/h5-7,11,14H,3-4H2,1-2H3. The van der Waals surface area contributed by atoms with Gasteiger partial charge in [0.25, 0.3) is 0 Å². The van der Waals surface area contributed by atoms with Crippen molar-refractivity contribution in [2.75, 3.05) is 13.7 Å². The topological polar surface area (TPSA) is 38.7 Å². The van der Waals surface area contributed by atoms with Gasteiger partial charge in [-0.25, -0.2) is 4.39 Å². The molecule has 1 aromatic carbocycles. The van der Waals surface area contributed by atoms with Crippen LogP contribution in [0.15, 0.2) is 18.2 Å². The molecule has 2 unspecified atom stereocenters. The number of phenolic OH excluding ortho intramolecular Hbond substituents is 1. The Kier molecular flexibility index (Phi) is 2.86. The molecule has 4 heteroatoms. The van der Waals surface area contributed by atoms with Gasteiger partial charge in [-0.3, -0.25) is 0 Å². The summed E-state index contributed by atoms with van der Waals surface area (Å²) in [5, 5.41) is 9.39. The van der Waals surface area contributed by atoms with Crippen LogP contribution in [0.1, 0.15) is 18.9 Å². The zero-order valence-corrected chi connectivity index (χ0v) is 9.37. The molecule has 1 N–H and O–H groups in total. The fourth-order valence-corrected chi connectivity index (χ4v) is 2.22. The molecule has 0 aliphatic carbocycles. The van der Waals surface area contributed by atoms with Gasteiger partial charge < -0.3 is 14.6 Å². The molecule has 2 atom stereocenters. The predicted octanol–water partition coefficient (Wildman–Crippen LogP) is 2.18. The van der Waals surface area contributed by atoms with Crippen LogP contribution < -0.4 is 0 Å². The third kappa shape index (κ3) is 1.79. The molecule has 1 aliphatic heterocycles. The molecule has 1 heterocycles. The second-order valence-electron chi connectivity index (χ2n) is 4.17. The van der Waals surface area contributed by atoms with E-state index in [1.54, 1.807) is 7.11 Å². The highest BCUT2D eigenvalue weighted by Gasteiger charge is 2.42. The van der Waals surface area contributed by atoms with Crippen LogP contribution in [0.3, 0.4) is 0 Å². The van der Waals surface area contributed by atoms with Gasteiger partial charge in [0.1, 0.15) is 17.2 Å². The number of benzene rings is 1. The first-order valence-corrected chi connectivity index (χ1v) is 5.23. The summed E-state index contributed by atoms with van der Waals surface area (Å²) in [4.78, 5) is 0. The Morgan fingerprint density at radius 2 is 2.25 bits per heavy atom. The molecular weight excluding hydrogens is 211 g/mol. The van der Waals surface area contributed by atoms with E-state index in [1.807, 2.05) is 6.92 Å². The predicted molar refractivity (Wildman–Crippen MR) is 56.8 cm³/mol. The number of halogens is 1. The molecule has 1 fully saturated rings. The van der Waals surface area contributed by atoms with Crippen molar-refractivity contribution < 1.29 is 19.0 Å². The second-order valence-corrected chi connectivity index (χ2v) is 4.17. The van der Waals surface area contributed by atoms with Crippen molar-refractivity contribution in [3.05, 3.63) is 29.6 Å². The third-order valence-corrected chi connectivity index (χ3v) is 3.14. The van der Waals surface area contributed by atoms with E-state index in [1.165, 1.54) is 12.1 Å². The van der Waals surface area contributed by atoms with Crippen LogP contribution in [-0.2, 0) is 15.1 Å². The van der Waals surface area contributed by atoms with Crippen molar-refractivity contribution in [2.45, 2.75) is 25.0 Å². The lowest BCUT2D eigenvalue weighted by molar-refractivity contribution is -0.0649. The summed E-state index contributed by atoms with van der Waals surface area (Å²) in [5.41, 5.74) is -0.0803. The van der Waals surface area contributed by atoms with Gasteiger partial charge in [-0.2, -0.15) is 0 Å².